The van der Waals surface area contributed by atoms with Crippen molar-refractivity contribution in [3.8, 4) is 0 Å². The highest BCUT2D eigenvalue weighted by atomic mass is 31.2. The smallest absolute Gasteiger partial charge is 0.462 e. The third-order valence-corrected chi connectivity index (χ3v) is 20.8. The quantitative estimate of drug-likeness (QED) is 0.0154. The summed E-state index contributed by atoms with van der Waals surface area (Å²) in [7, 11) is -5.44. The summed E-state index contributed by atoms with van der Waals surface area (Å²) < 4.78 is 47.5. The Balaban J connectivity index is 2.30. The van der Waals surface area contributed by atoms with Gasteiger partial charge in [0.05, 0.1) is 44.7 Å². The van der Waals surface area contributed by atoms with E-state index in [1.807, 2.05) is 0 Å². The van der Waals surface area contributed by atoms with Gasteiger partial charge >= 0.3 is 19.8 Å². The minimum absolute atomic E-state index is 0.177. The van der Waals surface area contributed by atoms with Crippen LogP contribution >= 0.6 is 7.82 Å². The zero-order chi connectivity index (χ0) is 75.2. The Hall–Kier alpha value is -2.37. The van der Waals surface area contributed by atoms with Crippen LogP contribution in [0.2, 0.25) is 0 Å². The van der Waals surface area contributed by atoms with Crippen LogP contribution in [0.1, 0.15) is 376 Å². The number of hydrogen-bond acceptors (Lipinski definition) is 17. The molecule has 3 unspecified atom stereocenters. The van der Waals surface area contributed by atoms with Crippen molar-refractivity contribution in [2.75, 3.05) is 13.2 Å². The van der Waals surface area contributed by atoms with Gasteiger partial charge in [-0.2, -0.15) is 0 Å². The highest BCUT2D eigenvalue weighted by Crippen LogP contribution is 2.41. The number of nitrogens with one attached hydrogen (secondary N) is 2. The number of hydrogen-bond donors (Lipinski definition) is 10. The minimum Gasteiger partial charge on any atom is -0.462 e. The number of carbonyl (C=O) groups excluding carboxylic acids is 4. The number of amides is 2. The zero-order valence-electron chi connectivity index (χ0n) is 65.2. The Morgan fingerprint density at radius 1 is 0.422 bits per heavy atom. The second-order valence-electron chi connectivity index (χ2n) is 31.6. The van der Waals surface area contributed by atoms with E-state index in [4.69, 9.17) is 28.2 Å². The van der Waals surface area contributed by atoms with Gasteiger partial charge in [-0.1, -0.05) is 318 Å². The molecule has 2 aliphatic heterocycles. The molecular weight excluding hydrogens is 1320 g/mol. The van der Waals surface area contributed by atoms with Crippen molar-refractivity contribution in [3.63, 3.8) is 0 Å². The Morgan fingerprint density at radius 3 is 1.20 bits per heavy atom. The molecule has 0 aliphatic carbocycles. The number of aliphatic hydroxyl groups is 6. The molecule has 13 atom stereocenters. The fourth-order valence-electron chi connectivity index (χ4n) is 14.1. The molecule has 2 amide bonds. The second kappa shape index (κ2) is 60.5. The summed E-state index contributed by atoms with van der Waals surface area (Å²) in [5.41, 5.74) is 0. The van der Waals surface area contributed by atoms with E-state index in [2.05, 4.69) is 59.1 Å². The van der Waals surface area contributed by atoms with Gasteiger partial charge in [-0.15, -0.1) is 0 Å². The summed E-state index contributed by atoms with van der Waals surface area (Å²) in [6, 6.07) is -3.36. The Bertz CT molecular complexity index is 2110. The van der Waals surface area contributed by atoms with Crippen LogP contribution in [-0.4, -0.2) is 157 Å². The summed E-state index contributed by atoms with van der Waals surface area (Å²) in [6.45, 7) is 14.1. The van der Waals surface area contributed by atoms with Crippen LogP contribution in [0.3, 0.4) is 0 Å². The van der Waals surface area contributed by atoms with Crippen molar-refractivity contribution in [2.45, 2.75) is 456 Å². The molecule has 10 N–H and O–H groups in total. The van der Waals surface area contributed by atoms with Crippen LogP contribution in [0.15, 0.2) is 0 Å². The van der Waals surface area contributed by atoms with Crippen molar-refractivity contribution >= 4 is 31.6 Å². The first-order valence-electron chi connectivity index (χ1n) is 41.6. The monoisotopic (exact) mass is 1480 g/mol. The minimum atomic E-state index is -5.44. The molecular formula is C80H153N2O19P. The van der Waals surface area contributed by atoms with Gasteiger partial charge in [-0.3, -0.25) is 23.7 Å². The summed E-state index contributed by atoms with van der Waals surface area (Å²) >= 11 is 0. The highest BCUT2D eigenvalue weighted by Gasteiger charge is 2.52. The number of rotatable bonds is 67. The van der Waals surface area contributed by atoms with Gasteiger partial charge in [0, 0.05) is 6.42 Å². The van der Waals surface area contributed by atoms with Crippen molar-refractivity contribution in [3.05, 3.63) is 0 Å². The van der Waals surface area contributed by atoms with E-state index in [0.29, 0.717) is 50.9 Å². The van der Waals surface area contributed by atoms with Gasteiger partial charge in [0.2, 0.25) is 11.8 Å². The fraction of sp³-hybridized carbons (Fsp3) is 0.950. The standard InChI is InChI=1S/C80H153N2O19P/c1-8-9-10-11-12-13-14-15-16-25-34-41-48-55-71(88)97-66(54-47-40-33-24-20-18-22-29-36-43-50-62(4)5)58-70(87)82-74-78(100-72(89)57-65(85)53-46-39-32-27-26-30-37-44-51-63(6)7)76(91)67(59-83)98-79(74)96-60-68-75(90)77(92)73(80(99-68)101-102(93,94)95)81-69(86)56-64(84)52-45-38-31-23-19-17-21-28-35-42-49-61(2)3/h61-68,73-80,83-85,90-92H,8-60H2,1-7H3,(H,81,86)(H,82,87)(H2,93,94,95)/t64?,65?,66?,67-,68-,73-,74-,75-,76-,77-,78-,79-,80+/m1/s1. The van der Waals surface area contributed by atoms with Gasteiger partial charge in [-0.25, -0.2) is 4.57 Å². The van der Waals surface area contributed by atoms with Gasteiger partial charge in [-0.05, 0) is 49.9 Å². The van der Waals surface area contributed by atoms with Crippen molar-refractivity contribution in [1.82, 2.24) is 10.6 Å². The van der Waals surface area contributed by atoms with E-state index in [9.17, 15) is 64.2 Å². The molecule has 2 heterocycles. The lowest BCUT2D eigenvalue weighted by molar-refractivity contribution is -0.297. The number of carbonyl (C=O) groups is 4. The SMILES string of the molecule is CCCCCCCCCCCCCCCC(=O)OC(CCCCCCCCCCCCC(C)C)CC(=O)N[C@H]1[C@H](OC[C@H]2O[C@@H](OP(=O)(O)O)[C@H](NC(=O)CC(O)CCCCCCCCCCCCC(C)C)[C@@H](O)[C@@H]2O)O[C@H](CO)[C@@H](O)[C@@H]1OC(=O)CC(O)CCCCCCCCCCC(C)C. The maximum atomic E-state index is 14.6. The number of unbranched alkanes of at least 4 members (excludes halogenated alkanes) is 37. The number of esters is 2. The van der Waals surface area contributed by atoms with Crippen LogP contribution in [-0.2, 0) is 52.0 Å². The van der Waals surface area contributed by atoms with E-state index in [1.54, 1.807) is 0 Å². The normalized spacial score (nSPS) is 21.9. The van der Waals surface area contributed by atoms with Crippen molar-refractivity contribution < 1.29 is 92.4 Å². The van der Waals surface area contributed by atoms with Crippen LogP contribution in [0, 0.1) is 17.8 Å². The average molecular weight is 1480 g/mol. The predicted molar refractivity (Wildman–Crippen MR) is 403 cm³/mol. The third kappa shape index (κ3) is 49.6. The largest absolute Gasteiger partial charge is 0.472 e. The second-order valence-corrected chi connectivity index (χ2v) is 32.8. The lowest BCUT2D eigenvalue weighted by Crippen LogP contribution is -2.67. The Labute approximate surface area is 618 Å². The average Bonchev–Trinajstić information content (AvgIpc) is 0.794. The lowest BCUT2D eigenvalue weighted by Gasteiger charge is -2.45. The number of ether oxygens (including phenoxy) is 5. The summed E-state index contributed by atoms with van der Waals surface area (Å²) in [5.74, 6) is -0.729. The molecule has 0 aromatic heterocycles. The molecule has 0 saturated carbocycles. The summed E-state index contributed by atoms with van der Waals surface area (Å²) in [5, 5.41) is 72.7. The van der Waals surface area contributed by atoms with E-state index in [0.717, 1.165) is 115 Å². The molecule has 2 fully saturated rings. The highest BCUT2D eigenvalue weighted by molar-refractivity contribution is 7.46. The van der Waals surface area contributed by atoms with E-state index in [-0.39, 0.29) is 12.8 Å². The first-order valence-corrected chi connectivity index (χ1v) is 43.1. The molecule has 102 heavy (non-hydrogen) atoms. The lowest BCUT2D eigenvalue weighted by atomic mass is 9.95. The van der Waals surface area contributed by atoms with Crippen molar-refractivity contribution in [1.29, 1.82) is 0 Å². The van der Waals surface area contributed by atoms with Gasteiger partial charge < -0.3 is 74.7 Å². The van der Waals surface area contributed by atoms with Crippen LogP contribution in [0.5, 0.6) is 0 Å². The van der Waals surface area contributed by atoms with E-state index >= 15 is 0 Å². The predicted octanol–water partition coefficient (Wildman–Crippen LogP) is 16.0. The molecule has 2 saturated heterocycles. The maximum Gasteiger partial charge on any atom is 0.472 e. The molecule has 0 aromatic carbocycles. The third-order valence-electron chi connectivity index (χ3n) is 20.4. The van der Waals surface area contributed by atoms with Crippen LogP contribution < -0.4 is 10.6 Å². The first-order chi connectivity index (χ1) is 48.9. The fourth-order valence-corrected chi connectivity index (χ4v) is 14.5. The molecule has 21 nitrogen and oxygen atoms in total. The number of phosphoric ester groups is 1. The van der Waals surface area contributed by atoms with Gasteiger partial charge in [0.15, 0.2) is 18.7 Å². The first kappa shape index (κ1) is 95.7. The molecule has 22 heteroatoms. The molecule has 2 aliphatic rings. The maximum absolute atomic E-state index is 14.6. The summed E-state index contributed by atoms with van der Waals surface area (Å²) in [4.78, 5) is 75.5. The molecule has 602 valence electrons. The Morgan fingerprint density at radius 2 is 0.784 bits per heavy atom. The number of phosphoric acid groups is 1. The van der Waals surface area contributed by atoms with Crippen LogP contribution in [0.4, 0.5) is 0 Å². The Kier molecular flexibility index (Phi) is 56.8. The van der Waals surface area contributed by atoms with Crippen molar-refractivity contribution in [2.24, 2.45) is 17.8 Å². The van der Waals surface area contributed by atoms with E-state index < -0.39 is 137 Å². The topological polar surface area (TPSA) is 327 Å². The van der Waals surface area contributed by atoms with Crippen LogP contribution in [0.25, 0.3) is 0 Å². The zero-order valence-corrected chi connectivity index (χ0v) is 66.1. The van der Waals surface area contributed by atoms with Gasteiger partial charge in [0.1, 0.15) is 48.7 Å². The van der Waals surface area contributed by atoms with Gasteiger partial charge in [0.25, 0.3) is 0 Å². The molecule has 0 spiro atoms. The molecule has 0 aromatic rings. The molecule has 2 rings (SSSR count). The molecule has 0 radical (unpaired) electrons. The van der Waals surface area contributed by atoms with E-state index in [1.165, 1.54) is 154 Å². The summed E-state index contributed by atoms with van der Waals surface area (Å²) in [6.07, 6.45) is 31.2. The number of aliphatic hydroxyl groups excluding tert-OH is 6. The molecule has 0 bridgehead atoms.